The molecule has 2 aromatic heterocycles. The number of H-pyrrole nitrogens is 1. The van der Waals surface area contributed by atoms with Crippen LogP contribution in [0.25, 0.3) is 11.0 Å². The van der Waals surface area contributed by atoms with Crippen molar-refractivity contribution in [2.24, 2.45) is 0 Å². The van der Waals surface area contributed by atoms with Gasteiger partial charge in [0.25, 0.3) is 5.91 Å². The molecule has 164 valence electrons. The summed E-state index contributed by atoms with van der Waals surface area (Å²) in [6.45, 7) is 5.57. The molecule has 1 saturated heterocycles. The van der Waals surface area contributed by atoms with Crippen LogP contribution in [-0.2, 0) is 4.79 Å². The molecule has 1 unspecified atom stereocenters. The summed E-state index contributed by atoms with van der Waals surface area (Å²) in [6.07, 6.45) is 2.94. The van der Waals surface area contributed by atoms with Crippen LogP contribution in [0.3, 0.4) is 0 Å². The molecule has 0 spiro atoms. The Morgan fingerprint density at radius 1 is 1.23 bits per heavy atom. The SMILES string of the molecule is CCCCC(=O)NC(NC(=O)c1cnc(N2CCNCC2)s1)c1nc2ccccc2[nH]1. The van der Waals surface area contributed by atoms with E-state index in [-0.39, 0.29) is 11.8 Å². The van der Waals surface area contributed by atoms with Crippen molar-refractivity contribution in [3.8, 4) is 0 Å². The molecule has 0 radical (unpaired) electrons. The smallest absolute Gasteiger partial charge is 0.265 e. The minimum Gasteiger partial charge on any atom is -0.346 e. The van der Waals surface area contributed by atoms with Gasteiger partial charge in [-0.15, -0.1) is 0 Å². The van der Waals surface area contributed by atoms with Crippen LogP contribution in [0, 0.1) is 0 Å². The fourth-order valence-corrected chi connectivity index (χ4v) is 4.30. The molecule has 1 aliphatic heterocycles. The normalized spacial score (nSPS) is 15.1. The Bertz CT molecular complexity index is 1010. The number of nitrogens with zero attached hydrogens (tertiary/aromatic N) is 3. The summed E-state index contributed by atoms with van der Waals surface area (Å²) in [5.74, 6) is 0.0739. The molecule has 4 rings (SSSR count). The second-order valence-electron chi connectivity index (χ2n) is 7.46. The van der Waals surface area contributed by atoms with E-state index in [9.17, 15) is 9.59 Å². The van der Waals surface area contributed by atoms with Gasteiger partial charge in [0.1, 0.15) is 4.88 Å². The van der Waals surface area contributed by atoms with Crippen molar-refractivity contribution in [1.82, 2.24) is 30.9 Å². The maximum Gasteiger partial charge on any atom is 0.265 e. The highest BCUT2D eigenvalue weighted by Gasteiger charge is 2.23. The van der Waals surface area contributed by atoms with E-state index in [0.29, 0.717) is 17.1 Å². The van der Waals surface area contributed by atoms with Gasteiger partial charge in [-0.3, -0.25) is 9.59 Å². The minimum absolute atomic E-state index is 0.126. The van der Waals surface area contributed by atoms with Gasteiger partial charge in [0.2, 0.25) is 5.91 Å². The molecule has 4 N–H and O–H groups in total. The third kappa shape index (κ3) is 5.20. The number of para-hydroxylation sites is 2. The van der Waals surface area contributed by atoms with Crippen molar-refractivity contribution < 1.29 is 9.59 Å². The first-order valence-corrected chi connectivity index (χ1v) is 11.4. The van der Waals surface area contributed by atoms with Crippen LogP contribution in [0.4, 0.5) is 5.13 Å². The number of hydrogen-bond donors (Lipinski definition) is 4. The number of rotatable bonds is 8. The van der Waals surface area contributed by atoms with Crippen molar-refractivity contribution >= 4 is 39.3 Å². The van der Waals surface area contributed by atoms with E-state index >= 15 is 0 Å². The number of thiazole rings is 1. The quantitative estimate of drug-likeness (QED) is 0.398. The highest BCUT2D eigenvalue weighted by atomic mass is 32.1. The molecule has 0 bridgehead atoms. The van der Waals surface area contributed by atoms with E-state index in [2.05, 4.69) is 35.8 Å². The predicted octanol–water partition coefficient (Wildman–Crippen LogP) is 2.16. The molecular weight excluding hydrogens is 414 g/mol. The number of piperazine rings is 1. The number of amides is 2. The van der Waals surface area contributed by atoms with Crippen molar-refractivity contribution in [3.63, 3.8) is 0 Å². The molecule has 1 atom stereocenters. The number of unbranched alkanes of at least 4 members (excludes halogenated alkanes) is 1. The first-order valence-electron chi connectivity index (χ1n) is 10.6. The monoisotopic (exact) mass is 441 g/mol. The van der Waals surface area contributed by atoms with Gasteiger partial charge in [0.05, 0.1) is 17.2 Å². The number of aromatic nitrogens is 3. The molecule has 31 heavy (non-hydrogen) atoms. The van der Waals surface area contributed by atoms with Gasteiger partial charge < -0.3 is 25.8 Å². The number of carbonyl (C=O) groups excluding carboxylic acids is 2. The Hall–Kier alpha value is -2.98. The molecule has 0 aliphatic carbocycles. The Kier molecular flexibility index (Phi) is 6.78. The van der Waals surface area contributed by atoms with E-state index in [1.807, 2.05) is 31.2 Å². The number of imidazole rings is 1. The minimum atomic E-state index is -0.756. The van der Waals surface area contributed by atoms with E-state index in [1.54, 1.807) is 6.20 Å². The Balaban J connectivity index is 1.51. The second kappa shape index (κ2) is 9.88. The van der Waals surface area contributed by atoms with Crippen LogP contribution in [0.5, 0.6) is 0 Å². The average Bonchev–Trinajstić information content (AvgIpc) is 3.45. The fourth-order valence-electron chi connectivity index (χ4n) is 3.43. The zero-order chi connectivity index (χ0) is 21.6. The summed E-state index contributed by atoms with van der Waals surface area (Å²) >= 11 is 1.35. The first kappa shape index (κ1) is 21.3. The summed E-state index contributed by atoms with van der Waals surface area (Å²) in [6, 6.07) is 7.60. The lowest BCUT2D eigenvalue weighted by molar-refractivity contribution is -0.122. The Labute approximate surface area is 184 Å². The number of anilines is 1. The molecule has 1 fully saturated rings. The largest absolute Gasteiger partial charge is 0.346 e. The van der Waals surface area contributed by atoms with Crippen LogP contribution in [0.2, 0.25) is 0 Å². The zero-order valence-electron chi connectivity index (χ0n) is 17.5. The van der Waals surface area contributed by atoms with E-state index in [4.69, 9.17) is 0 Å². The lowest BCUT2D eigenvalue weighted by Crippen LogP contribution is -2.43. The molecule has 2 amide bonds. The van der Waals surface area contributed by atoms with Crippen LogP contribution in [0.15, 0.2) is 30.5 Å². The fraction of sp³-hybridized carbons (Fsp3) is 0.429. The van der Waals surface area contributed by atoms with Crippen molar-refractivity contribution in [2.75, 3.05) is 31.1 Å². The number of carbonyl (C=O) groups is 2. The molecule has 10 heteroatoms. The van der Waals surface area contributed by atoms with Crippen molar-refractivity contribution in [1.29, 1.82) is 0 Å². The van der Waals surface area contributed by atoms with Gasteiger partial charge in [-0.25, -0.2) is 9.97 Å². The lowest BCUT2D eigenvalue weighted by Gasteiger charge is -2.26. The van der Waals surface area contributed by atoms with E-state index in [1.165, 1.54) is 11.3 Å². The Morgan fingerprint density at radius 3 is 2.81 bits per heavy atom. The highest BCUT2D eigenvalue weighted by molar-refractivity contribution is 7.17. The average molecular weight is 442 g/mol. The number of fused-ring (bicyclic) bond motifs is 1. The summed E-state index contributed by atoms with van der Waals surface area (Å²) in [7, 11) is 0. The van der Waals surface area contributed by atoms with Crippen LogP contribution >= 0.6 is 11.3 Å². The van der Waals surface area contributed by atoms with Gasteiger partial charge in [-0.1, -0.05) is 36.8 Å². The maximum absolute atomic E-state index is 13.0. The Morgan fingerprint density at radius 2 is 2.03 bits per heavy atom. The third-order valence-electron chi connectivity index (χ3n) is 5.12. The summed E-state index contributed by atoms with van der Waals surface area (Å²) in [4.78, 5) is 40.2. The maximum atomic E-state index is 13.0. The van der Waals surface area contributed by atoms with Gasteiger partial charge in [-0.2, -0.15) is 0 Å². The summed E-state index contributed by atoms with van der Waals surface area (Å²) in [5, 5.41) is 9.95. The number of nitrogens with one attached hydrogen (secondary N) is 4. The molecule has 3 heterocycles. The molecule has 1 aliphatic rings. The van der Waals surface area contributed by atoms with Gasteiger partial charge in [0.15, 0.2) is 17.1 Å². The van der Waals surface area contributed by atoms with Crippen LogP contribution < -0.4 is 20.9 Å². The van der Waals surface area contributed by atoms with Crippen molar-refractivity contribution in [3.05, 3.63) is 41.2 Å². The summed E-state index contributed by atoms with van der Waals surface area (Å²) in [5.41, 5.74) is 1.62. The molecule has 1 aromatic carbocycles. The van der Waals surface area contributed by atoms with Crippen molar-refractivity contribution in [2.45, 2.75) is 32.4 Å². The van der Waals surface area contributed by atoms with E-state index in [0.717, 1.165) is 55.2 Å². The zero-order valence-corrected chi connectivity index (χ0v) is 18.3. The molecule has 3 aromatic rings. The molecule has 0 saturated carbocycles. The highest BCUT2D eigenvalue weighted by Crippen LogP contribution is 2.23. The van der Waals surface area contributed by atoms with Gasteiger partial charge >= 0.3 is 0 Å². The molecule has 9 nitrogen and oxygen atoms in total. The number of benzene rings is 1. The van der Waals surface area contributed by atoms with Crippen LogP contribution in [-0.4, -0.2) is 52.9 Å². The van der Waals surface area contributed by atoms with Crippen LogP contribution in [0.1, 0.15) is 47.8 Å². The number of aromatic amines is 1. The molecular formula is C21H27N7O2S. The number of hydrogen-bond acceptors (Lipinski definition) is 7. The third-order valence-corrected chi connectivity index (χ3v) is 6.18. The summed E-state index contributed by atoms with van der Waals surface area (Å²) < 4.78 is 0. The standard InChI is InChI=1S/C21H27N7O2S/c1-2-3-8-17(29)26-19(18-24-14-6-4-5-7-15(14)25-18)27-20(30)16-13-23-21(31-16)28-11-9-22-10-12-28/h4-7,13,19,22H,2-3,8-12H2,1H3,(H,24,25)(H,26,29)(H,27,30). The predicted molar refractivity (Wildman–Crippen MR) is 121 cm³/mol. The lowest BCUT2D eigenvalue weighted by atomic mass is 10.2. The first-order chi connectivity index (χ1) is 15.1. The van der Waals surface area contributed by atoms with Gasteiger partial charge in [-0.05, 0) is 18.6 Å². The van der Waals surface area contributed by atoms with E-state index < -0.39 is 6.17 Å². The van der Waals surface area contributed by atoms with Gasteiger partial charge in [0, 0.05) is 32.6 Å². The second-order valence-corrected chi connectivity index (χ2v) is 8.47. The topological polar surface area (TPSA) is 115 Å².